The van der Waals surface area contributed by atoms with Crippen molar-refractivity contribution in [3.05, 3.63) is 45.4 Å². The number of aromatic nitrogens is 4. The Labute approximate surface area is 146 Å². The molecule has 2 aliphatic rings. The van der Waals surface area contributed by atoms with Crippen molar-refractivity contribution in [3.8, 4) is 0 Å². The van der Waals surface area contributed by atoms with Crippen molar-refractivity contribution in [1.29, 1.82) is 0 Å². The molecule has 132 valence electrons. The van der Waals surface area contributed by atoms with Crippen molar-refractivity contribution in [2.45, 2.75) is 58.0 Å². The van der Waals surface area contributed by atoms with Crippen LogP contribution < -0.4 is 5.56 Å². The fourth-order valence-corrected chi connectivity index (χ4v) is 4.13. The van der Waals surface area contributed by atoms with Crippen LogP contribution in [0.25, 0.3) is 0 Å². The summed E-state index contributed by atoms with van der Waals surface area (Å²) in [6, 6.07) is 1.33. The molecule has 1 aliphatic carbocycles. The minimum atomic E-state index is -0.193. The number of amides is 1. The number of nitrogens with one attached hydrogen (secondary N) is 1. The van der Waals surface area contributed by atoms with Crippen LogP contribution in [0.2, 0.25) is 0 Å². The number of pyridine rings is 1. The second kappa shape index (κ2) is 6.13. The van der Waals surface area contributed by atoms with Gasteiger partial charge in [0.15, 0.2) is 5.82 Å². The number of nitrogens with zero attached hydrogens (tertiary/aromatic N) is 4. The van der Waals surface area contributed by atoms with Crippen molar-refractivity contribution in [1.82, 2.24) is 24.6 Å². The molecule has 0 spiro atoms. The Kier molecular flexibility index (Phi) is 3.94. The van der Waals surface area contributed by atoms with Crippen LogP contribution in [0, 0.1) is 6.92 Å². The van der Waals surface area contributed by atoms with E-state index in [-0.39, 0.29) is 17.5 Å². The topological polar surface area (TPSA) is 83.9 Å². The fourth-order valence-electron chi connectivity index (χ4n) is 4.13. The van der Waals surface area contributed by atoms with Crippen molar-refractivity contribution >= 4 is 5.91 Å². The van der Waals surface area contributed by atoms with Gasteiger partial charge in [-0.25, -0.2) is 0 Å². The van der Waals surface area contributed by atoms with Gasteiger partial charge in [-0.15, -0.1) is 10.2 Å². The highest BCUT2D eigenvalue weighted by atomic mass is 16.2. The third-order valence-electron chi connectivity index (χ3n) is 5.56. The normalized spacial score (nSPS) is 20.7. The molecule has 1 aliphatic heterocycles. The van der Waals surface area contributed by atoms with E-state index in [0.717, 1.165) is 18.2 Å². The lowest BCUT2D eigenvalue weighted by atomic mass is 10.1. The van der Waals surface area contributed by atoms with E-state index in [1.54, 1.807) is 6.92 Å². The summed E-state index contributed by atoms with van der Waals surface area (Å²) in [6.45, 7) is 5.14. The maximum absolute atomic E-state index is 13.0. The molecule has 1 unspecified atom stereocenters. The van der Waals surface area contributed by atoms with Crippen molar-refractivity contribution in [3.63, 3.8) is 0 Å². The number of aromatic amines is 1. The minimum Gasteiger partial charge on any atom is -0.328 e. The molecular weight excluding hydrogens is 318 g/mol. The number of carbonyl (C=O) groups excluding carboxylic acids is 1. The zero-order valence-electron chi connectivity index (χ0n) is 14.7. The van der Waals surface area contributed by atoms with E-state index >= 15 is 0 Å². The molecule has 25 heavy (non-hydrogen) atoms. The van der Waals surface area contributed by atoms with Crippen LogP contribution in [0.15, 0.2) is 17.1 Å². The van der Waals surface area contributed by atoms with Gasteiger partial charge in [-0.2, -0.15) is 0 Å². The summed E-state index contributed by atoms with van der Waals surface area (Å²) in [5.41, 5.74) is 1.04. The predicted molar refractivity (Wildman–Crippen MR) is 92.5 cm³/mol. The Morgan fingerprint density at radius 2 is 1.92 bits per heavy atom. The lowest BCUT2D eigenvalue weighted by molar-refractivity contribution is 0.0634. The van der Waals surface area contributed by atoms with Gasteiger partial charge >= 0.3 is 0 Å². The quantitative estimate of drug-likeness (QED) is 0.907. The molecule has 2 aromatic heterocycles. The Bertz CT molecular complexity index is 863. The van der Waals surface area contributed by atoms with E-state index in [1.807, 2.05) is 11.8 Å². The molecular formula is C18H23N5O2. The summed E-state index contributed by atoms with van der Waals surface area (Å²) in [7, 11) is 0. The Morgan fingerprint density at radius 3 is 2.64 bits per heavy atom. The van der Waals surface area contributed by atoms with Gasteiger partial charge < -0.3 is 14.5 Å². The standard InChI is InChI=1S/C18H23N5O2/c1-11-9-15(24)19-10-14(11)18(25)22-7-8-23-16(12(22)2)20-21-17(23)13-5-3-4-6-13/h9-10,12-13H,3-8H2,1-2H3,(H,19,24). The summed E-state index contributed by atoms with van der Waals surface area (Å²) in [6.07, 6.45) is 6.41. The van der Waals surface area contributed by atoms with Gasteiger partial charge in [0.05, 0.1) is 11.6 Å². The van der Waals surface area contributed by atoms with Gasteiger partial charge in [0.2, 0.25) is 5.56 Å². The number of aryl methyl sites for hydroxylation is 1. The Hall–Kier alpha value is -2.44. The molecule has 0 aromatic carbocycles. The van der Waals surface area contributed by atoms with Crippen molar-refractivity contribution in [2.75, 3.05) is 6.54 Å². The average molecular weight is 341 g/mol. The fraction of sp³-hybridized carbons (Fsp3) is 0.556. The molecule has 0 radical (unpaired) electrons. The molecule has 1 atom stereocenters. The number of H-pyrrole nitrogens is 1. The van der Waals surface area contributed by atoms with Crippen LogP contribution in [0.5, 0.6) is 0 Å². The third kappa shape index (κ3) is 2.67. The van der Waals surface area contributed by atoms with E-state index in [1.165, 1.54) is 37.9 Å². The van der Waals surface area contributed by atoms with E-state index in [2.05, 4.69) is 19.7 Å². The van der Waals surface area contributed by atoms with Crippen LogP contribution in [0.3, 0.4) is 0 Å². The number of fused-ring (bicyclic) bond motifs is 1. The first-order chi connectivity index (χ1) is 12.1. The molecule has 0 saturated heterocycles. The molecule has 1 N–H and O–H groups in total. The molecule has 7 nitrogen and oxygen atoms in total. The van der Waals surface area contributed by atoms with Crippen LogP contribution in [-0.2, 0) is 6.54 Å². The highest BCUT2D eigenvalue weighted by molar-refractivity contribution is 5.95. The lowest BCUT2D eigenvalue weighted by Gasteiger charge is -2.34. The summed E-state index contributed by atoms with van der Waals surface area (Å²) < 4.78 is 2.21. The first-order valence-electron chi connectivity index (χ1n) is 8.99. The minimum absolute atomic E-state index is 0.0714. The van der Waals surface area contributed by atoms with Crippen LogP contribution in [0.4, 0.5) is 0 Å². The smallest absolute Gasteiger partial charge is 0.256 e. The Morgan fingerprint density at radius 1 is 1.20 bits per heavy atom. The second-order valence-electron chi connectivity index (χ2n) is 7.12. The first-order valence-corrected chi connectivity index (χ1v) is 8.99. The molecule has 3 heterocycles. The van der Waals surface area contributed by atoms with Gasteiger partial charge in [-0.3, -0.25) is 9.59 Å². The van der Waals surface area contributed by atoms with Gasteiger partial charge in [-0.1, -0.05) is 12.8 Å². The summed E-state index contributed by atoms with van der Waals surface area (Å²) in [5, 5.41) is 8.86. The van der Waals surface area contributed by atoms with Crippen LogP contribution in [0.1, 0.15) is 72.1 Å². The number of hydrogen-bond acceptors (Lipinski definition) is 4. The van der Waals surface area contributed by atoms with Gasteiger partial charge in [0, 0.05) is 31.3 Å². The molecule has 1 saturated carbocycles. The molecule has 0 bridgehead atoms. The van der Waals surface area contributed by atoms with Crippen LogP contribution in [-0.4, -0.2) is 37.1 Å². The molecule has 1 fully saturated rings. The summed E-state index contributed by atoms with van der Waals surface area (Å²) in [4.78, 5) is 28.8. The molecule has 7 heteroatoms. The molecule has 4 rings (SSSR count). The molecule has 1 amide bonds. The second-order valence-corrected chi connectivity index (χ2v) is 7.12. The van der Waals surface area contributed by atoms with E-state index in [4.69, 9.17) is 0 Å². The van der Waals surface area contributed by atoms with E-state index < -0.39 is 0 Å². The zero-order valence-corrected chi connectivity index (χ0v) is 14.7. The summed E-state index contributed by atoms with van der Waals surface area (Å²) in [5.74, 6) is 2.39. The predicted octanol–water partition coefficient (Wildman–Crippen LogP) is 2.15. The highest BCUT2D eigenvalue weighted by Crippen LogP contribution is 2.35. The lowest BCUT2D eigenvalue weighted by Crippen LogP contribution is -2.42. The third-order valence-corrected chi connectivity index (χ3v) is 5.56. The summed E-state index contributed by atoms with van der Waals surface area (Å²) >= 11 is 0. The monoisotopic (exact) mass is 341 g/mol. The first kappa shape index (κ1) is 16.1. The number of carbonyl (C=O) groups is 1. The largest absolute Gasteiger partial charge is 0.328 e. The number of hydrogen-bond donors (Lipinski definition) is 1. The maximum atomic E-state index is 13.0. The van der Waals surface area contributed by atoms with Gasteiger partial charge in [-0.05, 0) is 32.3 Å². The van der Waals surface area contributed by atoms with E-state index in [0.29, 0.717) is 23.6 Å². The maximum Gasteiger partial charge on any atom is 0.256 e. The Balaban J connectivity index is 1.62. The zero-order chi connectivity index (χ0) is 17.6. The van der Waals surface area contributed by atoms with Crippen molar-refractivity contribution in [2.24, 2.45) is 0 Å². The SMILES string of the molecule is Cc1cc(=O)[nH]cc1C(=O)N1CCn2c(C3CCCC3)nnc2C1C. The van der Waals surface area contributed by atoms with Gasteiger partial charge in [0.1, 0.15) is 5.82 Å². The van der Waals surface area contributed by atoms with E-state index in [9.17, 15) is 9.59 Å². The molecule has 2 aromatic rings. The highest BCUT2D eigenvalue weighted by Gasteiger charge is 2.34. The van der Waals surface area contributed by atoms with Gasteiger partial charge in [0.25, 0.3) is 5.91 Å². The number of rotatable bonds is 2. The van der Waals surface area contributed by atoms with Crippen molar-refractivity contribution < 1.29 is 4.79 Å². The van der Waals surface area contributed by atoms with Crippen LogP contribution >= 0.6 is 0 Å². The average Bonchev–Trinajstić information content (AvgIpc) is 3.24.